The summed E-state index contributed by atoms with van der Waals surface area (Å²) >= 11 is 5.92. The molecule has 0 aromatic heterocycles. The largest absolute Gasteiger partial charge is 0.493 e. The molecule has 1 amide bonds. The van der Waals surface area contributed by atoms with Crippen molar-refractivity contribution >= 4 is 41.1 Å². The Labute approximate surface area is 201 Å². The van der Waals surface area contributed by atoms with Crippen molar-refractivity contribution in [1.82, 2.24) is 0 Å². The van der Waals surface area contributed by atoms with Crippen LogP contribution < -0.4 is 14.8 Å². The summed E-state index contributed by atoms with van der Waals surface area (Å²) in [5, 5.41) is 3.35. The van der Waals surface area contributed by atoms with Crippen LogP contribution in [0.1, 0.15) is 23.6 Å². The van der Waals surface area contributed by atoms with E-state index in [-0.39, 0.29) is 17.5 Å². The Kier molecular flexibility index (Phi) is 6.94. The number of hydrogen-bond acceptors (Lipinski definition) is 6. The minimum absolute atomic E-state index is 0.165. The zero-order valence-corrected chi connectivity index (χ0v) is 19.3. The summed E-state index contributed by atoms with van der Waals surface area (Å²) in [7, 11) is 1.55. The molecule has 0 atom stereocenters. The SMILES string of the molecule is COc1cc(/C=C2\N=C(c3ccc(NC(C)=O)cc3)OC2=O)ccc1OCc1ccc(Cl)cc1. The van der Waals surface area contributed by atoms with Gasteiger partial charge in [-0.05, 0) is 65.7 Å². The Morgan fingerprint density at radius 3 is 2.47 bits per heavy atom. The number of nitrogens with zero attached hydrogens (tertiary/aromatic N) is 1. The summed E-state index contributed by atoms with van der Waals surface area (Å²) in [6, 6.07) is 19.6. The molecular weight excluding hydrogens is 456 g/mol. The number of carbonyl (C=O) groups is 2. The number of nitrogens with one attached hydrogen (secondary N) is 1. The topological polar surface area (TPSA) is 86.2 Å². The minimum Gasteiger partial charge on any atom is -0.493 e. The van der Waals surface area contributed by atoms with Gasteiger partial charge in [-0.2, -0.15) is 0 Å². The van der Waals surface area contributed by atoms with E-state index in [0.29, 0.717) is 39.9 Å². The molecule has 172 valence electrons. The van der Waals surface area contributed by atoms with Gasteiger partial charge >= 0.3 is 5.97 Å². The molecule has 1 N–H and O–H groups in total. The Hall–Kier alpha value is -4.10. The molecule has 8 heteroatoms. The third-order valence-corrected chi connectivity index (χ3v) is 5.12. The van der Waals surface area contributed by atoms with Gasteiger partial charge in [0.05, 0.1) is 7.11 Å². The second-order valence-electron chi connectivity index (χ2n) is 7.42. The molecule has 1 heterocycles. The van der Waals surface area contributed by atoms with Gasteiger partial charge in [0, 0.05) is 23.2 Å². The van der Waals surface area contributed by atoms with Crippen molar-refractivity contribution in [2.24, 2.45) is 4.99 Å². The van der Waals surface area contributed by atoms with E-state index < -0.39 is 5.97 Å². The normalized spacial score (nSPS) is 13.9. The number of amides is 1. The number of anilines is 1. The van der Waals surface area contributed by atoms with Crippen LogP contribution in [0.2, 0.25) is 5.02 Å². The van der Waals surface area contributed by atoms with Gasteiger partial charge in [-0.1, -0.05) is 29.8 Å². The Morgan fingerprint density at radius 1 is 1.06 bits per heavy atom. The number of rotatable bonds is 7. The van der Waals surface area contributed by atoms with Crippen LogP contribution in [0.5, 0.6) is 11.5 Å². The molecule has 1 aliphatic heterocycles. The fourth-order valence-corrected chi connectivity index (χ4v) is 3.35. The van der Waals surface area contributed by atoms with Gasteiger partial charge in [-0.25, -0.2) is 9.79 Å². The molecule has 34 heavy (non-hydrogen) atoms. The fraction of sp³-hybridized carbons (Fsp3) is 0.115. The molecule has 0 fully saturated rings. The van der Waals surface area contributed by atoms with Crippen molar-refractivity contribution in [3.63, 3.8) is 0 Å². The first-order chi connectivity index (χ1) is 16.4. The van der Waals surface area contributed by atoms with Crippen LogP contribution in [-0.4, -0.2) is 24.9 Å². The van der Waals surface area contributed by atoms with Gasteiger partial charge in [0.1, 0.15) is 6.61 Å². The number of methoxy groups -OCH3 is 1. The van der Waals surface area contributed by atoms with Crippen LogP contribution in [0.15, 0.2) is 77.4 Å². The number of carbonyl (C=O) groups excluding carboxylic acids is 2. The molecule has 0 unspecified atom stereocenters. The fourth-order valence-electron chi connectivity index (χ4n) is 3.22. The van der Waals surface area contributed by atoms with Crippen LogP contribution in [0.3, 0.4) is 0 Å². The third kappa shape index (κ3) is 5.63. The molecule has 0 aliphatic carbocycles. The number of benzene rings is 3. The summed E-state index contributed by atoms with van der Waals surface area (Å²) in [4.78, 5) is 27.8. The molecule has 0 spiro atoms. The summed E-state index contributed by atoms with van der Waals surface area (Å²) < 4.78 is 16.7. The molecule has 1 aliphatic rings. The number of hydrogen-bond donors (Lipinski definition) is 1. The zero-order valence-electron chi connectivity index (χ0n) is 18.5. The van der Waals surface area contributed by atoms with E-state index in [4.69, 9.17) is 25.8 Å². The molecule has 4 rings (SSSR count). The molecule has 0 radical (unpaired) electrons. The lowest BCUT2D eigenvalue weighted by atomic mass is 10.1. The highest BCUT2D eigenvalue weighted by Crippen LogP contribution is 2.30. The molecule has 0 bridgehead atoms. The van der Waals surface area contributed by atoms with Crippen LogP contribution in [0.25, 0.3) is 6.08 Å². The molecule has 0 saturated heterocycles. The predicted octanol–water partition coefficient (Wildman–Crippen LogP) is 5.23. The van der Waals surface area contributed by atoms with Crippen molar-refractivity contribution in [2.45, 2.75) is 13.5 Å². The van der Waals surface area contributed by atoms with Crippen LogP contribution >= 0.6 is 11.6 Å². The van der Waals surface area contributed by atoms with E-state index >= 15 is 0 Å². The van der Waals surface area contributed by atoms with Crippen molar-refractivity contribution in [3.8, 4) is 11.5 Å². The zero-order chi connectivity index (χ0) is 24.1. The Morgan fingerprint density at radius 2 is 1.79 bits per heavy atom. The van der Waals surface area contributed by atoms with Crippen molar-refractivity contribution in [1.29, 1.82) is 0 Å². The quantitative estimate of drug-likeness (QED) is 0.372. The average Bonchev–Trinajstić information content (AvgIpc) is 3.19. The number of aliphatic imine (C=N–C) groups is 1. The van der Waals surface area contributed by atoms with Crippen molar-refractivity contribution in [3.05, 3.63) is 94.1 Å². The molecule has 3 aromatic rings. The van der Waals surface area contributed by atoms with Crippen LogP contribution in [0.4, 0.5) is 5.69 Å². The predicted molar refractivity (Wildman–Crippen MR) is 130 cm³/mol. The first-order valence-electron chi connectivity index (χ1n) is 10.4. The van der Waals surface area contributed by atoms with E-state index in [9.17, 15) is 9.59 Å². The second-order valence-corrected chi connectivity index (χ2v) is 7.86. The van der Waals surface area contributed by atoms with Gasteiger partial charge in [0.25, 0.3) is 0 Å². The van der Waals surface area contributed by atoms with Crippen LogP contribution in [0, 0.1) is 0 Å². The first kappa shape index (κ1) is 23.1. The monoisotopic (exact) mass is 476 g/mol. The highest BCUT2D eigenvalue weighted by atomic mass is 35.5. The van der Waals surface area contributed by atoms with E-state index in [2.05, 4.69) is 10.3 Å². The average molecular weight is 477 g/mol. The van der Waals surface area contributed by atoms with Gasteiger partial charge in [0.2, 0.25) is 11.8 Å². The van der Waals surface area contributed by atoms with Gasteiger partial charge in [0.15, 0.2) is 17.2 Å². The highest BCUT2D eigenvalue weighted by molar-refractivity contribution is 6.30. The molecular formula is C26H21ClN2O5. The second kappa shape index (κ2) is 10.2. The van der Waals surface area contributed by atoms with Gasteiger partial charge < -0.3 is 19.5 Å². The summed E-state index contributed by atoms with van der Waals surface area (Å²) in [6.07, 6.45) is 1.62. The lowest BCUT2D eigenvalue weighted by Gasteiger charge is -2.11. The maximum atomic E-state index is 12.4. The van der Waals surface area contributed by atoms with Gasteiger partial charge in [-0.3, -0.25) is 4.79 Å². The van der Waals surface area contributed by atoms with E-state index in [1.54, 1.807) is 67.8 Å². The van der Waals surface area contributed by atoms with E-state index in [1.165, 1.54) is 6.92 Å². The minimum atomic E-state index is -0.553. The van der Waals surface area contributed by atoms with Crippen molar-refractivity contribution in [2.75, 3.05) is 12.4 Å². The summed E-state index contributed by atoms with van der Waals surface area (Å²) in [5.74, 6) is 0.562. The van der Waals surface area contributed by atoms with Crippen molar-refractivity contribution < 1.29 is 23.8 Å². The summed E-state index contributed by atoms with van der Waals surface area (Å²) in [5.41, 5.74) is 3.10. The van der Waals surface area contributed by atoms with E-state index in [0.717, 1.165) is 5.56 Å². The van der Waals surface area contributed by atoms with Gasteiger partial charge in [-0.15, -0.1) is 0 Å². The number of ether oxygens (including phenoxy) is 3. The van der Waals surface area contributed by atoms with Crippen LogP contribution in [-0.2, 0) is 20.9 Å². The smallest absolute Gasteiger partial charge is 0.363 e. The Bertz CT molecular complexity index is 1280. The number of cyclic esters (lactones) is 1. The number of esters is 1. The highest BCUT2D eigenvalue weighted by Gasteiger charge is 2.24. The Balaban J connectivity index is 1.50. The van der Waals surface area contributed by atoms with E-state index in [1.807, 2.05) is 12.1 Å². The molecule has 0 saturated carbocycles. The maximum absolute atomic E-state index is 12.4. The standard InChI is InChI=1S/C26H21ClN2O5/c1-16(30)28-21-10-6-19(7-11-21)25-29-22(26(31)34-25)13-18-5-12-23(24(14-18)32-2)33-15-17-3-8-20(27)9-4-17/h3-14H,15H2,1-2H3,(H,28,30)/b22-13-. The maximum Gasteiger partial charge on any atom is 0.363 e. The lowest BCUT2D eigenvalue weighted by molar-refractivity contribution is -0.129. The number of halogens is 1. The lowest BCUT2D eigenvalue weighted by Crippen LogP contribution is -2.07. The summed E-state index contributed by atoms with van der Waals surface area (Å²) in [6.45, 7) is 1.79. The first-order valence-corrected chi connectivity index (χ1v) is 10.7. The third-order valence-electron chi connectivity index (χ3n) is 4.87. The molecule has 7 nitrogen and oxygen atoms in total. The molecule has 3 aromatic carbocycles.